The van der Waals surface area contributed by atoms with E-state index in [1.807, 2.05) is 12.1 Å². The topological polar surface area (TPSA) is 37.3 Å². The molecule has 82 valence electrons. The first kappa shape index (κ1) is 10.7. The van der Waals surface area contributed by atoms with Crippen LogP contribution >= 0.6 is 0 Å². The first-order chi connectivity index (χ1) is 7.68. The van der Waals surface area contributed by atoms with Gasteiger partial charge >= 0.3 is 5.97 Å². The Bertz CT molecular complexity index is 464. The molecule has 2 rings (SSSR count). The second kappa shape index (κ2) is 4.35. The molecule has 0 radical (unpaired) electrons. The molecule has 0 atom stereocenters. The van der Waals surface area contributed by atoms with Gasteiger partial charge in [-0.25, -0.2) is 4.79 Å². The number of hydrogen-bond donors (Lipinski definition) is 1. The number of hydrogen-bond acceptors (Lipinski definition) is 1. The molecule has 0 heterocycles. The molecule has 0 saturated heterocycles. The summed E-state index contributed by atoms with van der Waals surface area (Å²) >= 11 is 0. The molecule has 2 heteroatoms. The molecule has 0 unspecified atom stereocenters. The summed E-state index contributed by atoms with van der Waals surface area (Å²) in [7, 11) is 0. The number of carbonyl (C=O) groups is 1. The quantitative estimate of drug-likeness (QED) is 0.818. The van der Waals surface area contributed by atoms with Gasteiger partial charge in [-0.15, -0.1) is 0 Å². The monoisotopic (exact) mass is 214 g/mol. The smallest absolute Gasteiger partial charge is 0.335 e. The van der Waals surface area contributed by atoms with Crippen molar-refractivity contribution in [1.29, 1.82) is 0 Å². The largest absolute Gasteiger partial charge is 0.478 e. The van der Waals surface area contributed by atoms with Crippen molar-refractivity contribution in [2.45, 2.75) is 19.8 Å². The Kier molecular flexibility index (Phi) is 2.91. The highest BCUT2D eigenvalue weighted by Crippen LogP contribution is 2.27. The molecule has 1 N–H and O–H groups in total. The van der Waals surface area contributed by atoms with Crippen molar-refractivity contribution in [2.75, 3.05) is 0 Å². The predicted molar refractivity (Wildman–Crippen MR) is 64.4 cm³/mol. The van der Waals surface area contributed by atoms with Crippen LogP contribution in [0.4, 0.5) is 0 Å². The number of carboxylic acids is 1. The minimum Gasteiger partial charge on any atom is -0.478 e. The average Bonchev–Trinajstić information content (AvgIpc) is 2.30. The number of benzene rings is 1. The molecular weight excluding hydrogens is 200 g/mol. The van der Waals surface area contributed by atoms with Crippen molar-refractivity contribution in [2.24, 2.45) is 0 Å². The zero-order valence-corrected chi connectivity index (χ0v) is 9.23. The maximum Gasteiger partial charge on any atom is 0.335 e. The summed E-state index contributed by atoms with van der Waals surface area (Å²) < 4.78 is 0. The van der Waals surface area contributed by atoms with Gasteiger partial charge in [-0.2, -0.15) is 0 Å². The maximum atomic E-state index is 10.7. The van der Waals surface area contributed by atoms with E-state index < -0.39 is 5.97 Å². The van der Waals surface area contributed by atoms with Crippen LogP contribution in [0.3, 0.4) is 0 Å². The molecule has 1 aliphatic rings. The number of carboxylic acid groups (broad SMARTS) is 1. The van der Waals surface area contributed by atoms with Gasteiger partial charge in [0.1, 0.15) is 0 Å². The van der Waals surface area contributed by atoms with Crippen molar-refractivity contribution in [1.82, 2.24) is 0 Å². The fourth-order valence-corrected chi connectivity index (χ4v) is 1.91. The molecule has 0 aliphatic heterocycles. The summed E-state index contributed by atoms with van der Waals surface area (Å²) in [6, 6.07) is 7.05. The van der Waals surface area contributed by atoms with Gasteiger partial charge in [0.2, 0.25) is 0 Å². The molecule has 0 amide bonds. The second-order valence-corrected chi connectivity index (χ2v) is 4.02. The normalized spacial score (nSPS) is 15.3. The Morgan fingerprint density at radius 1 is 1.25 bits per heavy atom. The van der Waals surface area contributed by atoms with Crippen molar-refractivity contribution in [3.63, 3.8) is 0 Å². The fourth-order valence-electron chi connectivity index (χ4n) is 1.91. The molecule has 0 saturated carbocycles. The molecular formula is C14H14O2. The van der Waals surface area contributed by atoms with Crippen LogP contribution in [0.25, 0.3) is 5.57 Å². The van der Waals surface area contributed by atoms with Gasteiger partial charge in [0, 0.05) is 0 Å². The van der Waals surface area contributed by atoms with E-state index >= 15 is 0 Å². The van der Waals surface area contributed by atoms with Crippen molar-refractivity contribution >= 4 is 11.5 Å². The molecule has 2 nitrogen and oxygen atoms in total. The Morgan fingerprint density at radius 3 is 2.50 bits per heavy atom. The lowest BCUT2D eigenvalue weighted by atomic mass is 9.93. The molecule has 0 aromatic heterocycles. The highest BCUT2D eigenvalue weighted by Gasteiger charge is 2.07. The highest BCUT2D eigenvalue weighted by atomic mass is 16.4. The third-order valence-corrected chi connectivity index (χ3v) is 2.87. The summed E-state index contributed by atoms with van der Waals surface area (Å²) in [5.74, 6) is -0.878. The van der Waals surface area contributed by atoms with Crippen LogP contribution in [0.2, 0.25) is 0 Å². The number of rotatable bonds is 2. The Morgan fingerprint density at radius 2 is 1.94 bits per heavy atom. The highest BCUT2D eigenvalue weighted by molar-refractivity contribution is 5.88. The predicted octanol–water partition coefficient (Wildman–Crippen LogP) is 3.51. The number of aromatic carboxylic acids is 1. The summed E-state index contributed by atoms with van der Waals surface area (Å²) in [4.78, 5) is 10.7. The zero-order chi connectivity index (χ0) is 11.5. The molecule has 1 aliphatic carbocycles. The SMILES string of the molecule is CC1=C(c2ccc(C(=O)O)cc2)C=CCC1. The first-order valence-corrected chi connectivity index (χ1v) is 5.38. The summed E-state index contributed by atoms with van der Waals surface area (Å²) in [5, 5.41) is 8.81. The minimum atomic E-state index is -0.878. The molecule has 1 aromatic carbocycles. The lowest BCUT2D eigenvalue weighted by molar-refractivity contribution is 0.0697. The van der Waals surface area contributed by atoms with Crippen LogP contribution in [0.15, 0.2) is 42.0 Å². The lowest BCUT2D eigenvalue weighted by Crippen LogP contribution is -1.97. The van der Waals surface area contributed by atoms with Gasteiger partial charge in [-0.3, -0.25) is 0 Å². The summed E-state index contributed by atoms with van der Waals surface area (Å²) in [6.07, 6.45) is 6.47. The Labute approximate surface area is 94.9 Å². The second-order valence-electron chi connectivity index (χ2n) is 4.02. The van der Waals surface area contributed by atoms with Gasteiger partial charge in [0.15, 0.2) is 0 Å². The minimum absolute atomic E-state index is 0.335. The van der Waals surface area contributed by atoms with E-state index in [-0.39, 0.29) is 0 Å². The fraction of sp³-hybridized carbons (Fsp3) is 0.214. The lowest BCUT2D eigenvalue weighted by Gasteiger charge is -2.12. The maximum absolute atomic E-state index is 10.7. The standard InChI is InChI=1S/C14H14O2/c1-10-4-2-3-5-13(10)11-6-8-12(9-7-11)14(15)16/h3,5-9H,2,4H2,1H3,(H,15,16). The van der Waals surface area contributed by atoms with E-state index in [2.05, 4.69) is 19.1 Å². The summed E-state index contributed by atoms with van der Waals surface area (Å²) in [5.41, 5.74) is 4.02. The van der Waals surface area contributed by atoms with Crippen LogP contribution < -0.4 is 0 Å². The van der Waals surface area contributed by atoms with Gasteiger partial charge in [-0.1, -0.05) is 29.9 Å². The van der Waals surface area contributed by atoms with Crippen LogP contribution in [0.5, 0.6) is 0 Å². The van der Waals surface area contributed by atoms with Gasteiger partial charge < -0.3 is 5.11 Å². The van der Waals surface area contributed by atoms with E-state index in [9.17, 15) is 4.79 Å². The zero-order valence-electron chi connectivity index (χ0n) is 9.23. The van der Waals surface area contributed by atoms with Crippen molar-refractivity contribution in [3.05, 3.63) is 53.1 Å². The van der Waals surface area contributed by atoms with Gasteiger partial charge in [-0.05, 0) is 43.0 Å². The van der Waals surface area contributed by atoms with Gasteiger partial charge in [0.05, 0.1) is 5.56 Å². The number of allylic oxidation sites excluding steroid dienone is 4. The van der Waals surface area contributed by atoms with E-state index in [1.54, 1.807) is 12.1 Å². The first-order valence-electron chi connectivity index (χ1n) is 5.38. The van der Waals surface area contributed by atoms with Gasteiger partial charge in [0.25, 0.3) is 0 Å². The average molecular weight is 214 g/mol. The molecule has 16 heavy (non-hydrogen) atoms. The van der Waals surface area contributed by atoms with Crippen LogP contribution in [0.1, 0.15) is 35.7 Å². The Balaban J connectivity index is 2.35. The van der Waals surface area contributed by atoms with Crippen LogP contribution in [-0.4, -0.2) is 11.1 Å². The van der Waals surface area contributed by atoms with Crippen molar-refractivity contribution in [3.8, 4) is 0 Å². The molecule has 0 spiro atoms. The third kappa shape index (κ3) is 2.06. The van der Waals surface area contributed by atoms with E-state index in [0.717, 1.165) is 18.4 Å². The van der Waals surface area contributed by atoms with Crippen LogP contribution in [0, 0.1) is 0 Å². The summed E-state index contributed by atoms with van der Waals surface area (Å²) in [6.45, 7) is 2.13. The molecule has 1 aromatic rings. The third-order valence-electron chi connectivity index (χ3n) is 2.87. The van der Waals surface area contributed by atoms with Crippen LogP contribution in [-0.2, 0) is 0 Å². The molecule has 0 bridgehead atoms. The Hall–Kier alpha value is -1.83. The van der Waals surface area contributed by atoms with E-state index in [0.29, 0.717) is 5.56 Å². The van der Waals surface area contributed by atoms with E-state index in [4.69, 9.17) is 5.11 Å². The van der Waals surface area contributed by atoms with E-state index in [1.165, 1.54) is 11.1 Å². The van der Waals surface area contributed by atoms with Crippen molar-refractivity contribution < 1.29 is 9.90 Å². The molecule has 0 fully saturated rings.